The van der Waals surface area contributed by atoms with E-state index >= 15 is 0 Å². The largest absolute Gasteiger partial charge is 0.435 e. The van der Waals surface area contributed by atoms with Crippen molar-refractivity contribution in [2.75, 3.05) is 11.4 Å². The molecule has 3 rings (SSSR count). The molecule has 122 valence electrons. The standard InChI is InChI=1S/C16H16F3N3O/c1-2-11-3-5-12(6-4-11)9-21-7-8-22-15(21)13(10-23)14(20-22)16(17,18)19/h3-6,10H,2,7-9H2,1H3. The number of benzene rings is 1. The minimum Gasteiger partial charge on any atom is -0.350 e. The number of aryl methyl sites for hydroxylation is 1. The highest BCUT2D eigenvalue weighted by Crippen LogP contribution is 2.37. The van der Waals surface area contributed by atoms with Gasteiger partial charge in [0, 0.05) is 13.1 Å². The lowest BCUT2D eigenvalue weighted by Gasteiger charge is -2.18. The number of aromatic nitrogens is 2. The first-order valence-electron chi connectivity index (χ1n) is 7.40. The van der Waals surface area contributed by atoms with Gasteiger partial charge in [-0.1, -0.05) is 31.2 Å². The number of anilines is 1. The highest BCUT2D eigenvalue weighted by Gasteiger charge is 2.41. The van der Waals surface area contributed by atoms with Crippen LogP contribution in [0.25, 0.3) is 0 Å². The molecule has 0 N–H and O–H groups in total. The molecule has 0 aliphatic carbocycles. The summed E-state index contributed by atoms with van der Waals surface area (Å²) >= 11 is 0. The van der Waals surface area contributed by atoms with Gasteiger partial charge in [-0.25, -0.2) is 4.68 Å². The van der Waals surface area contributed by atoms with E-state index in [0.29, 0.717) is 19.6 Å². The first-order chi connectivity index (χ1) is 10.9. The Kier molecular flexibility index (Phi) is 3.87. The number of aldehydes is 1. The first-order valence-corrected chi connectivity index (χ1v) is 7.40. The van der Waals surface area contributed by atoms with E-state index in [2.05, 4.69) is 12.0 Å². The predicted octanol–water partition coefficient (Wildman–Crippen LogP) is 3.30. The van der Waals surface area contributed by atoms with Crippen LogP contribution in [0, 0.1) is 0 Å². The lowest BCUT2D eigenvalue weighted by Crippen LogP contribution is -2.21. The van der Waals surface area contributed by atoms with Gasteiger partial charge < -0.3 is 4.90 Å². The summed E-state index contributed by atoms with van der Waals surface area (Å²) in [5.41, 5.74) is 0.712. The Hall–Kier alpha value is -2.31. The minimum atomic E-state index is -4.62. The number of rotatable bonds is 4. The monoisotopic (exact) mass is 323 g/mol. The van der Waals surface area contributed by atoms with Crippen LogP contribution in [0.5, 0.6) is 0 Å². The van der Waals surface area contributed by atoms with Gasteiger partial charge in [-0.15, -0.1) is 0 Å². The molecule has 2 aromatic rings. The van der Waals surface area contributed by atoms with Gasteiger partial charge in [0.15, 0.2) is 12.0 Å². The summed E-state index contributed by atoms with van der Waals surface area (Å²) in [6.07, 6.45) is -3.44. The molecule has 0 spiro atoms. The Morgan fingerprint density at radius 1 is 1.17 bits per heavy atom. The molecular formula is C16H16F3N3O. The second kappa shape index (κ2) is 5.72. The SMILES string of the molecule is CCc1ccc(CN2CCn3nc(C(F)(F)F)c(C=O)c32)cc1. The molecule has 4 nitrogen and oxygen atoms in total. The Morgan fingerprint density at radius 3 is 2.39 bits per heavy atom. The fourth-order valence-electron chi connectivity index (χ4n) is 2.85. The molecule has 7 heteroatoms. The van der Waals surface area contributed by atoms with Gasteiger partial charge in [0.05, 0.1) is 12.1 Å². The number of hydrogen-bond acceptors (Lipinski definition) is 3. The number of halogens is 3. The molecule has 1 aliphatic heterocycles. The van der Waals surface area contributed by atoms with Crippen molar-refractivity contribution in [2.24, 2.45) is 0 Å². The van der Waals surface area contributed by atoms with E-state index in [1.54, 1.807) is 4.90 Å². The minimum absolute atomic E-state index is 0.250. The van der Waals surface area contributed by atoms with Gasteiger partial charge in [0.2, 0.25) is 0 Å². The Balaban J connectivity index is 1.91. The number of alkyl halides is 3. The van der Waals surface area contributed by atoms with Crippen molar-refractivity contribution < 1.29 is 18.0 Å². The Morgan fingerprint density at radius 2 is 1.83 bits per heavy atom. The highest BCUT2D eigenvalue weighted by molar-refractivity contribution is 5.85. The summed E-state index contributed by atoms with van der Waals surface area (Å²) in [4.78, 5) is 13.0. The number of fused-ring (bicyclic) bond motifs is 1. The number of carbonyl (C=O) groups excluding carboxylic acids is 1. The van der Waals surface area contributed by atoms with Crippen LogP contribution in [0.15, 0.2) is 24.3 Å². The van der Waals surface area contributed by atoms with E-state index < -0.39 is 11.9 Å². The van der Waals surface area contributed by atoms with Crippen LogP contribution in [0.3, 0.4) is 0 Å². The van der Waals surface area contributed by atoms with Crippen LogP contribution >= 0.6 is 0 Å². The second-order valence-corrected chi connectivity index (χ2v) is 5.52. The zero-order valence-electron chi connectivity index (χ0n) is 12.6. The number of hydrogen-bond donors (Lipinski definition) is 0. The van der Waals surface area contributed by atoms with Gasteiger partial charge in [0.25, 0.3) is 0 Å². The summed E-state index contributed by atoms with van der Waals surface area (Å²) in [6, 6.07) is 7.93. The molecule has 0 atom stereocenters. The molecule has 0 bridgehead atoms. The number of nitrogens with zero attached hydrogens (tertiary/aromatic N) is 3. The first kappa shape index (κ1) is 15.6. The van der Waals surface area contributed by atoms with Crippen molar-refractivity contribution >= 4 is 12.1 Å². The van der Waals surface area contributed by atoms with Gasteiger partial charge in [0.1, 0.15) is 5.82 Å². The molecule has 0 unspecified atom stereocenters. The third kappa shape index (κ3) is 2.83. The van der Waals surface area contributed by atoms with Crippen LogP contribution < -0.4 is 4.90 Å². The third-order valence-electron chi connectivity index (χ3n) is 4.03. The molecule has 0 amide bonds. The van der Waals surface area contributed by atoms with Crippen molar-refractivity contribution in [2.45, 2.75) is 32.6 Å². The van der Waals surface area contributed by atoms with Crippen LogP contribution in [-0.4, -0.2) is 22.6 Å². The average molecular weight is 323 g/mol. The fraction of sp³-hybridized carbons (Fsp3) is 0.375. The van der Waals surface area contributed by atoms with Crippen LogP contribution in [0.1, 0.15) is 34.1 Å². The summed E-state index contributed by atoms with van der Waals surface area (Å²) in [6.45, 7) is 3.40. The summed E-state index contributed by atoms with van der Waals surface area (Å²) < 4.78 is 40.2. The normalized spacial score (nSPS) is 14.2. The maximum atomic E-state index is 13.0. The quantitative estimate of drug-likeness (QED) is 0.810. The second-order valence-electron chi connectivity index (χ2n) is 5.52. The van der Waals surface area contributed by atoms with Crippen molar-refractivity contribution in [3.05, 3.63) is 46.6 Å². The topological polar surface area (TPSA) is 38.1 Å². The van der Waals surface area contributed by atoms with Crippen LogP contribution in [-0.2, 0) is 25.7 Å². The fourth-order valence-corrected chi connectivity index (χ4v) is 2.85. The van der Waals surface area contributed by atoms with Crippen molar-refractivity contribution in [1.29, 1.82) is 0 Å². The molecule has 0 saturated carbocycles. The van der Waals surface area contributed by atoms with Crippen molar-refractivity contribution in [1.82, 2.24) is 9.78 Å². The van der Waals surface area contributed by atoms with E-state index in [-0.39, 0.29) is 17.7 Å². The average Bonchev–Trinajstić information content (AvgIpc) is 3.07. The molecule has 1 aliphatic rings. The molecule has 0 saturated heterocycles. The molecular weight excluding hydrogens is 307 g/mol. The summed E-state index contributed by atoms with van der Waals surface area (Å²) in [5, 5.41) is 3.57. The van der Waals surface area contributed by atoms with E-state index in [1.165, 1.54) is 10.2 Å². The molecule has 0 fully saturated rings. The lowest BCUT2D eigenvalue weighted by molar-refractivity contribution is -0.141. The molecule has 0 radical (unpaired) electrons. The van der Waals surface area contributed by atoms with Crippen LogP contribution in [0.4, 0.5) is 19.0 Å². The van der Waals surface area contributed by atoms with E-state index in [9.17, 15) is 18.0 Å². The van der Waals surface area contributed by atoms with E-state index in [0.717, 1.165) is 12.0 Å². The molecule has 1 aromatic heterocycles. The van der Waals surface area contributed by atoms with Gasteiger partial charge in [-0.05, 0) is 17.5 Å². The smallest absolute Gasteiger partial charge is 0.350 e. The van der Waals surface area contributed by atoms with Gasteiger partial charge >= 0.3 is 6.18 Å². The Labute approximate surface area is 131 Å². The van der Waals surface area contributed by atoms with Crippen molar-refractivity contribution in [3.8, 4) is 0 Å². The van der Waals surface area contributed by atoms with E-state index in [4.69, 9.17) is 0 Å². The number of carbonyl (C=O) groups is 1. The zero-order chi connectivity index (χ0) is 16.6. The maximum absolute atomic E-state index is 13.0. The van der Waals surface area contributed by atoms with Gasteiger partial charge in [-0.3, -0.25) is 4.79 Å². The molecule has 2 heterocycles. The van der Waals surface area contributed by atoms with E-state index in [1.807, 2.05) is 24.3 Å². The zero-order valence-corrected chi connectivity index (χ0v) is 12.6. The summed E-state index contributed by atoms with van der Waals surface area (Å²) in [5.74, 6) is 0.256. The maximum Gasteiger partial charge on any atom is 0.435 e. The summed E-state index contributed by atoms with van der Waals surface area (Å²) in [7, 11) is 0. The van der Waals surface area contributed by atoms with Crippen molar-refractivity contribution in [3.63, 3.8) is 0 Å². The third-order valence-corrected chi connectivity index (χ3v) is 4.03. The lowest BCUT2D eigenvalue weighted by atomic mass is 10.1. The highest BCUT2D eigenvalue weighted by atomic mass is 19.4. The molecule has 23 heavy (non-hydrogen) atoms. The van der Waals surface area contributed by atoms with Crippen LogP contribution in [0.2, 0.25) is 0 Å². The predicted molar refractivity (Wildman–Crippen MR) is 79.5 cm³/mol. The Bertz CT molecular complexity index is 719. The molecule has 1 aromatic carbocycles. The van der Waals surface area contributed by atoms with Gasteiger partial charge in [-0.2, -0.15) is 18.3 Å².